The molecule has 1 N–H and O–H groups in total. The zero-order chi connectivity index (χ0) is 18.5. The molecule has 2 fully saturated rings. The Hall–Kier alpha value is -2.24. The summed E-state index contributed by atoms with van der Waals surface area (Å²) in [5.41, 5.74) is 1.11. The normalized spacial score (nSPS) is 20.0. The SMILES string of the molecule is COc1ccc(CCN2CC(CNC(=O)C3CCC3)CC2=O)cc1OC. The summed E-state index contributed by atoms with van der Waals surface area (Å²) in [7, 11) is 3.23. The van der Waals surface area contributed by atoms with Crippen LogP contribution in [-0.2, 0) is 16.0 Å². The lowest BCUT2D eigenvalue weighted by Gasteiger charge is -2.24. The van der Waals surface area contributed by atoms with Crippen molar-refractivity contribution in [3.05, 3.63) is 23.8 Å². The number of rotatable bonds is 8. The summed E-state index contributed by atoms with van der Waals surface area (Å²) in [6.07, 6.45) is 4.47. The molecule has 2 aliphatic rings. The van der Waals surface area contributed by atoms with Gasteiger partial charge in [-0.25, -0.2) is 0 Å². The number of carbonyl (C=O) groups is 2. The fourth-order valence-corrected chi connectivity index (χ4v) is 3.57. The van der Waals surface area contributed by atoms with Crippen LogP contribution in [0.15, 0.2) is 18.2 Å². The van der Waals surface area contributed by atoms with Gasteiger partial charge in [0, 0.05) is 37.9 Å². The zero-order valence-corrected chi connectivity index (χ0v) is 15.6. The topological polar surface area (TPSA) is 67.9 Å². The van der Waals surface area contributed by atoms with Crippen molar-refractivity contribution >= 4 is 11.8 Å². The van der Waals surface area contributed by atoms with Crippen molar-refractivity contribution in [1.29, 1.82) is 0 Å². The highest BCUT2D eigenvalue weighted by Crippen LogP contribution is 2.28. The van der Waals surface area contributed by atoms with Crippen molar-refractivity contribution in [2.75, 3.05) is 33.9 Å². The van der Waals surface area contributed by atoms with Gasteiger partial charge in [0.1, 0.15) is 0 Å². The molecule has 1 aliphatic carbocycles. The highest BCUT2D eigenvalue weighted by Gasteiger charge is 2.31. The molecule has 0 aromatic heterocycles. The van der Waals surface area contributed by atoms with E-state index in [1.165, 1.54) is 0 Å². The lowest BCUT2D eigenvalue weighted by atomic mass is 9.85. The second kappa shape index (κ2) is 8.43. The maximum Gasteiger partial charge on any atom is 0.223 e. The van der Waals surface area contributed by atoms with Crippen LogP contribution in [0.25, 0.3) is 0 Å². The van der Waals surface area contributed by atoms with Crippen LogP contribution < -0.4 is 14.8 Å². The second-order valence-electron chi connectivity index (χ2n) is 7.22. The summed E-state index contributed by atoms with van der Waals surface area (Å²) in [5, 5.41) is 3.02. The molecule has 0 spiro atoms. The number of amides is 2. The van der Waals surface area contributed by atoms with Crippen molar-refractivity contribution in [3.63, 3.8) is 0 Å². The summed E-state index contributed by atoms with van der Waals surface area (Å²) < 4.78 is 10.6. The lowest BCUT2D eigenvalue weighted by molar-refractivity contribution is -0.128. The molecule has 1 saturated heterocycles. The maximum atomic E-state index is 12.2. The van der Waals surface area contributed by atoms with Gasteiger partial charge in [0.25, 0.3) is 0 Å². The van der Waals surface area contributed by atoms with E-state index in [-0.39, 0.29) is 23.7 Å². The molecule has 1 atom stereocenters. The number of likely N-dealkylation sites (tertiary alicyclic amines) is 1. The van der Waals surface area contributed by atoms with Gasteiger partial charge in [0.2, 0.25) is 11.8 Å². The highest BCUT2D eigenvalue weighted by molar-refractivity contribution is 5.80. The van der Waals surface area contributed by atoms with Crippen LogP contribution in [0.3, 0.4) is 0 Å². The van der Waals surface area contributed by atoms with Gasteiger partial charge < -0.3 is 19.7 Å². The number of nitrogens with zero attached hydrogens (tertiary/aromatic N) is 1. The van der Waals surface area contributed by atoms with E-state index in [1.807, 2.05) is 23.1 Å². The second-order valence-corrected chi connectivity index (χ2v) is 7.22. The van der Waals surface area contributed by atoms with Crippen molar-refractivity contribution in [3.8, 4) is 11.5 Å². The minimum atomic E-state index is 0.160. The van der Waals surface area contributed by atoms with E-state index in [4.69, 9.17) is 9.47 Å². The quantitative estimate of drug-likeness (QED) is 0.770. The Balaban J connectivity index is 1.46. The van der Waals surface area contributed by atoms with E-state index < -0.39 is 0 Å². The summed E-state index contributed by atoms with van der Waals surface area (Å²) in [6.45, 7) is 2.01. The van der Waals surface area contributed by atoms with Crippen LogP contribution in [0, 0.1) is 11.8 Å². The molecule has 1 unspecified atom stereocenters. The molecule has 1 saturated carbocycles. The largest absolute Gasteiger partial charge is 0.493 e. The van der Waals surface area contributed by atoms with Crippen LogP contribution in [-0.4, -0.2) is 50.6 Å². The Morgan fingerprint density at radius 1 is 1.23 bits per heavy atom. The van der Waals surface area contributed by atoms with Gasteiger partial charge in [-0.15, -0.1) is 0 Å². The van der Waals surface area contributed by atoms with Crippen LogP contribution in [0.2, 0.25) is 0 Å². The van der Waals surface area contributed by atoms with Gasteiger partial charge in [-0.2, -0.15) is 0 Å². The predicted octanol–water partition coefficient (Wildman–Crippen LogP) is 2.01. The molecule has 26 heavy (non-hydrogen) atoms. The minimum Gasteiger partial charge on any atom is -0.493 e. The van der Waals surface area contributed by atoms with Crippen LogP contribution in [0.4, 0.5) is 0 Å². The molecule has 6 nitrogen and oxygen atoms in total. The smallest absolute Gasteiger partial charge is 0.223 e. The van der Waals surface area contributed by atoms with E-state index in [2.05, 4.69) is 5.32 Å². The number of nitrogens with one attached hydrogen (secondary N) is 1. The first-order valence-electron chi connectivity index (χ1n) is 9.37. The van der Waals surface area contributed by atoms with Crippen molar-refractivity contribution in [1.82, 2.24) is 10.2 Å². The van der Waals surface area contributed by atoms with E-state index in [9.17, 15) is 9.59 Å². The molecule has 1 heterocycles. The van der Waals surface area contributed by atoms with Crippen molar-refractivity contribution < 1.29 is 19.1 Å². The third kappa shape index (κ3) is 4.29. The molecule has 6 heteroatoms. The van der Waals surface area contributed by atoms with E-state index >= 15 is 0 Å². The third-order valence-corrected chi connectivity index (χ3v) is 5.45. The Morgan fingerprint density at radius 2 is 2.00 bits per heavy atom. The van der Waals surface area contributed by atoms with Gasteiger partial charge in [-0.1, -0.05) is 12.5 Å². The van der Waals surface area contributed by atoms with Gasteiger partial charge in [0.05, 0.1) is 14.2 Å². The maximum absolute atomic E-state index is 12.2. The summed E-state index contributed by atoms with van der Waals surface area (Å²) in [5.74, 6) is 2.16. The highest BCUT2D eigenvalue weighted by atomic mass is 16.5. The number of methoxy groups -OCH3 is 2. The van der Waals surface area contributed by atoms with Crippen LogP contribution in [0.5, 0.6) is 11.5 Å². The van der Waals surface area contributed by atoms with Crippen molar-refractivity contribution in [2.24, 2.45) is 11.8 Å². The molecule has 1 aromatic carbocycles. The Kier molecular flexibility index (Phi) is 6.01. The molecule has 3 rings (SSSR count). The first-order valence-corrected chi connectivity index (χ1v) is 9.37. The number of hydrogen-bond acceptors (Lipinski definition) is 4. The molecule has 1 aromatic rings. The van der Waals surface area contributed by atoms with E-state index in [0.29, 0.717) is 31.0 Å². The molecular weight excluding hydrogens is 332 g/mol. The van der Waals surface area contributed by atoms with Gasteiger partial charge in [-0.05, 0) is 37.0 Å². The number of carbonyl (C=O) groups excluding carboxylic acids is 2. The number of ether oxygens (including phenoxy) is 2. The average Bonchev–Trinajstić information content (AvgIpc) is 2.96. The average molecular weight is 360 g/mol. The van der Waals surface area contributed by atoms with Gasteiger partial charge in [0.15, 0.2) is 11.5 Å². The Labute approximate surface area is 154 Å². The monoisotopic (exact) mass is 360 g/mol. The summed E-state index contributed by atoms with van der Waals surface area (Å²) in [4.78, 5) is 26.1. The van der Waals surface area contributed by atoms with Crippen molar-refractivity contribution in [2.45, 2.75) is 32.1 Å². The first-order chi connectivity index (χ1) is 12.6. The third-order valence-electron chi connectivity index (χ3n) is 5.45. The summed E-state index contributed by atoms with van der Waals surface area (Å²) >= 11 is 0. The Bertz CT molecular complexity index is 657. The first kappa shape index (κ1) is 18.5. The van der Waals surface area contributed by atoms with Crippen LogP contribution in [0.1, 0.15) is 31.2 Å². The Morgan fingerprint density at radius 3 is 2.65 bits per heavy atom. The summed E-state index contributed by atoms with van der Waals surface area (Å²) in [6, 6.07) is 5.84. The predicted molar refractivity (Wildman–Crippen MR) is 98.3 cm³/mol. The number of hydrogen-bond donors (Lipinski definition) is 1. The fourth-order valence-electron chi connectivity index (χ4n) is 3.57. The van der Waals surface area contributed by atoms with Gasteiger partial charge in [-0.3, -0.25) is 9.59 Å². The number of benzene rings is 1. The lowest BCUT2D eigenvalue weighted by Crippen LogP contribution is -2.37. The minimum absolute atomic E-state index is 0.160. The molecule has 0 radical (unpaired) electrons. The zero-order valence-electron chi connectivity index (χ0n) is 15.6. The van der Waals surface area contributed by atoms with Crippen LogP contribution >= 0.6 is 0 Å². The van der Waals surface area contributed by atoms with E-state index in [0.717, 1.165) is 37.8 Å². The molecular formula is C20H28N2O4. The fraction of sp³-hybridized carbons (Fsp3) is 0.600. The standard InChI is InChI=1S/C20H28N2O4/c1-25-17-7-6-14(10-18(17)26-2)8-9-22-13-15(11-19(22)23)12-21-20(24)16-4-3-5-16/h6-7,10,15-16H,3-5,8-9,11-13H2,1-2H3,(H,21,24). The van der Waals surface area contributed by atoms with E-state index in [1.54, 1.807) is 14.2 Å². The molecule has 142 valence electrons. The molecule has 0 bridgehead atoms. The van der Waals surface area contributed by atoms with Gasteiger partial charge >= 0.3 is 0 Å². The molecule has 2 amide bonds. The molecule has 1 aliphatic heterocycles.